The van der Waals surface area contributed by atoms with Crippen molar-refractivity contribution in [2.24, 2.45) is 0 Å². The minimum atomic E-state index is -1.03. The van der Waals surface area contributed by atoms with Crippen molar-refractivity contribution in [3.63, 3.8) is 0 Å². The van der Waals surface area contributed by atoms with E-state index in [0.717, 1.165) is 11.1 Å². The average Bonchev–Trinajstić information content (AvgIpc) is 3.28. The van der Waals surface area contributed by atoms with Gasteiger partial charge in [-0.1, -0.05) is 60.7 Å². The SMILES string of the molecule is C[C@H](n1cnc(C(=O)N2CCN(C(=O)O)C[C@H]2Cc2ccccc2)c1-c1ccccc1)C(C)(C)O. The zero-order valence-corrected chi connectivity index (χ0v) is 20.3. The first-order valence-corrected chi connectivity index (χ1v) is 11.8. The van der Waals surface area contributed by atoms with E-state index in [-0.39, 0.29) is 37.6 Å². The van der Waals surface area contributed by atoms with E-state index >= 15 is 0 Å². The Morgan fingerprint density at radius 2 is 1.69 bits per heavy atom. The van der Waals surface area contributed by atoms with Crippen molar-refractivity contribution >= 4 is 12.0 Å². The van der Waals surface area contributed by atoms with Gasteiger partial charge in [0.15, 0.2) is 5.69 Å². The molecule has 8 heteroatoms. The summed E-state index contributed by atoms with van der Waals surface area (Å²) in [6.07, 6.45) is 1.17. The maximum absolute atomic E-state index is 14.0. The molecule has 2 aromatic carbocycles. The molecule has 1 aliphatic heterocycles. The molecule has 2 N–H and O–H groups in total. The second-order valence-electron chi connectivity index (χ2n) is 9.62. The zero-order valence-electron chi connectivity index (χ0n) is 20.3. The van der Waals surface area contributed by atoms with Gasteiger partial charge in [-0.25, -0.2) is 9.78 Å². The molecule has 1 fully saturated rings. The van der Waals surface area contributed by atoms with E-state index in [4.69, 9.17) is 0 Å². The number of nitrogens with zero attached hydrogens (tertiary/aromatic N) is 4. The van der Waals surface area contributed by atoms with Crippen molar-refractivity contribution < 1.29 is 19.8 Å². The molecule has 2 atom stereocenters. The van der Waals surface area contributed by atoms with Gasteiger partial charge in [-0.2, -0.15) is 0 Å². The quantitative estimate of drug-likeness (QED) is 0.562. The zero-order chi connectivity index (χ0) is 25.2. The average molecular weight is 477 g/mol. The van der Waals surface area contributed by atoms with Gasteiger partial charge in [0.05, 0.1) is 29.7 Å². The molecule has 0 spiro atoms. The molecule has 0 radical (unpaired) electrons. The summed E-state index contributed by atoms with van der Waals surface area (Å²) in [5.74, 6) is -0.239. The first-order chi connectivity index (χ1) is 16.7. The van der Waals surface area contributed by atoms with Crippen LogP contribution < -0.4 is 0 Å². The van der Waals surface area contributed by atoms with Gasteiger partial charge < -0.3 is 24.6 Å². The lowest BCUT2D eigenvalue weighted by Crippen LogP contribution is -2.57. The summed E-state index contributed by atoms with van der Waals surface area (Å²) >= 11 is 0. The molecular weight excluding hydrogens is 444 g/mol. The Labute approximate surface area is 205 Å². The molecule has 0 unspecified atom stereocenters. The molecule has 184 valence electrons. The molecule has 8 nitrogen and oxygen atoms in total. The van der Waals surface area contributed by atoms with Gasteiger partial charge in [0.1, 0.15) is 0 Å². The monoisotopic (exact) mass is 476 g/mol. The summed E-state index contributed by atoms with van der Waals surface area (Å²) in [6.45, 7) is 6.12. The molecule has 0 bridgehead atoms. The standard InChI is InChI=1S/C27H32N4O4/c1-19(27(2,3)35)31-18-28-23(24(31)21-12-8-5-9-13-21)25(32)30-15-14-29(26(33)34)17-22(30)16-20-10-6-4-7-11-20/h4-13,18-19,22,35H,14-17H2,1-3H3,(H,33,34)/t19-,22+/m0/s1. The minimum Gasteiger partial charge on any atom is -0.465 e. The van der Waals surface area contributed by atoms with Crippen molar-refractivity contribution in [2.45, 2.75) is 44.9 Å². The lowest BCUT2D eigenvalue weighted by molar-refractivity contribution is 0.0309. The molecular formula is C27H32N4O4. The van der Waals surface area contributed by atoms with Gasteiger partial charge in [-0.15, -0.1) is 0 Å². The van der Waals surface area contributed by atoms with Crippen LogP contribution in [0.1, 0.15) is 42.9 Å². The minimum absolute atomic E-state index is 0.234. The number of amides is 2. The summed E-state index contributed by atoms with van der Waals surface area (Å²) in [6, 6.07) is 18.7. The fourth-order valence-corrected chi connectivity index (χ4v) is 4.53. The van der Waals surface area contributed by atoms with Gasteiger partial charge in [-0.3, -0.25) is 4.79 Å². The summed E-state index contributed by atoms with van der Waals surface area (Å²) in [7, 11) is 0. The number of imidazole rings is 1. The van der Waals surface area contributed by atoms with E-state index in [1.165, 1.54) is 4.90 Å². The first-order valence-electron chi connectivity index (χ1n) is 11.8. The van der Waals surface area contributed by atoms with Crippen molar-refractivity contribution in [1.82, 2.24) is 19.4 Å². The number of aromatic nitrogens is 2. The predicted octanol–water partition coefficient (Wildman–Crippen LogP) is 3.93. The first kappa shape index (κ1) is 24.5. The van der Waals surface area contributed by atoms with Crippen molar-refractivity contribution in [3.05, 3.63) is 78.2 Å². The Morgan fingerprint density at radius 3 is 2.29 bits per heavy atom. The van der Waals surface area contributed by atoms with Crippen LogP contribution in [0.3, 0.4) is 0 Å². The predicted molar refractivity (Wildman–Crippen MR) is 133 cm³/mol. The van der Waals surface area contributed by atoms with Crippen LogP contribution in [0.15, 0.2) is 67.0 Å². The lowest BCUT2D eigenvalue weighted by Gasteiger charge is -2.40. The third kappa shape index (κ3) is 5.22. The largest absolute Gasteiger partial charge is 0.465 e. The smallest absolute Gasteiger partial charge is 0.407 e. The van der Waals surface area contributed by atoms with Crippen LogP contribution in [0.5, 0.6) is 0 Å². The number of piperazine rings is 1. The summed E-state index contributed by atoms with van der Waals surface area (Å²) < 4.78 is 1.85. The van der Waals surface area contributed by atoms with Crippen molar-refractivity contribution in [1.29, 1.82) is 0 Å². The van der Waals surface area contributed by atoms with E-state index < -0.39 is 11.7 Å². The Kier molecular flexibility index (Phi) is 6.93. The van der Waals surface area contributed by atoms with E-state index in [9.17, 15) is 19.8 Å². The van der Waals surface area contributed by atoms with Crippen molar-refractivity contribution in [3.8, 4) is 11.3 Å². The number of carbonyl (C=O) groups excluding carboxylic acids is 1. The molecule has 35 heavy (non-hydrogen) atoms. The number of aliphatic hydroxyl groups is 1. The highest BCUT2D eigenvalue weighted by Crippen LogP contribution is 2.32. The van der Waals surface area contributed by atoms with E-state index in [1.54, 1.807) is 25.1 Å². The molecule has 1 aromatic heterocycles. The summed E-state index contributed by atoms with van der Waals surface area (Å²) in [5.41, 5.74) is 1.77. The highest BCUT2D eigenvalue weighted by molar-refractivity contribution is 5.98. The van der Waals surface area contributed by atoms with E-state index in [2.05, 4.69) is 4.98 Å². The van der Waals surface area contributed by atoms with E-state index in [0.29, 0.717) is 17.8 Å². The Balaban J connectivity index is 1.73. The third-order valence-corrected chi connectivity index (χ3v) is 6.81. The molecule has 1 saturated heterocycles. The third-order valence-electron chi connectivity index (χ3n) is 6.81. The van der Waals surface area contributed by atoms with E-state index in [1.807, 2.05) is 72.2 Å². The van der Waals surface area contributed by atoms with Crippen LogP contribution in [-0.4, -0.2) is 72.8 Å². The van der Waals surface area contributed by atoms with Gasteiger partial charge in [-0.05, 0) is 32.8 Å². The maximum atomic E-state index is 14.0. The number of hydrogen-bond donors (Lipinski definition) is 2. The second kappa shape index (κ2) is 9.92. The maximum Gasteiger partial charge on any atom is 0.407 e. The van der Waals surface area contributed by atoms with Gasteiger partial charge >= 0.3 is 6.09 Å². The summed E-state index contributed by atoms with van der Waals surface area (Å²) in [4.78, 5) is 33.3. The molecule has 0 saturated carbocycles. The normalized spacial score (nSPS) is 17.3. The molecule has 0 aliphatic carbocycles. The Hall–Kier alpha value is -3.65. The highest BCUT2D eigenvalue weighted by atomic mass is 16.4. The van der Waals surface area contributed by atoms with Crippen LogP contribution in [-0.2, 0) is 6.42 Å². The molecule has 3 aromatic rings. The highest BCUT2D eigenvalue weighted by Gasteiger charge is 2.36. The fourth-order valence-electron chi connectivity index (χ4n) is 4.53. The van der Waals surface area contributed by atoms with Gasteiger partial charge in [0, 0.05) is 25.2 Å². The van der Waals surface area contributed by atoms with Crippen LogP contribution in [0.2, 0.25) is 0 Å². The number of rotatable bonds is 6. The van der Waals surface area contributed by atoms with Gasteiger partial charge in [0.25, 0.3) is 5.91 Å². The van der Waals surface area contributed by atoms with Crippen LogP contribution in [0, 0.1) is 0 Å². The molecule has 4 rings (SSSR count). The molecule has 2 heterocycles. The second-order valence-corrected chi connectivity index (χ2v) is 9.62. The Morgan fingerprint density at radius 1 is 1.06 bits per heavy atom. The molecule has 1 aliphatic rings. The fraction of sp³-hybridized carbons (Fsp3) is 0.370. The van der Waals surface area contributed by atoms with Crippen LogP contribution in [0.4, 0.5) is 4.79 Å². The number of hydrogen-bond acceptors (Lipinski definition) is 4. The number of benzene rings is 2. The number of carboxylic acid groups (broad SMARTS) is 1. The van der Waals surface area contributed by atoms with Crippen molar-refractivity contribution in [2.75, 3.05) is 19.6 Å². The lowest BCUT2D eigenvalue weighted by atomic mass is 9.98. The van der Waals surface area contributed by atoms with Gasteiger partial charge in [0.2, 0.25) is 0 Å². The van der Waals surface area contributed by atoms with Crippen LogP contribution >= 0.6 is 0 Å². The van der Waals surface area contributed by atoms with Crippen LogP contribution in [0.25, 0.3) is 11.3 Å². The Bertz CT molecular complexity index is 1170. The summed E-state index contributed by atoms with van der Waals surface area (Å²) in [5, 5.41) is 20.3. The number of carbonyl (C=O) groups is 2. The topological polar surface area (TPSA) is 98.9 Å². The molecule has 2 amide bonds.